The Kier molecular flexibility index (Phi) is 3.51. The molecule has 2 rings (SSSR count). The lowest BCUT2D eigenvalue weighted by Gasteiger charge is -2.43. The predicted octanol–water partition coefficient (Wildman–Crippen LogP) is -0.341. The average molecular weight is 285 g/mol. The lowest BCUT2D eigenvalue weighted by atomic mass is 9.80. The van der Waals surface area contributed by atoms with Gasteiger partial charge in [-0.05, 0) is 13.0 Å². The van der Waals surface area contributed by atoms with Crippen LogP contribution in [0.3, 0.4) is 0 Å². The highest BCUT2D eigenvalue weighted by molar-refractivity contribution is 5.82. The molecule has 2 aliphatic rings. The van der Waals surface area contributed by atoms with E-state index in [0.29, 0.717) is 0 Å². The van der Waals surface area contributed by atoms with E-state index < -0.39 is 41.0 Å². The molecule has 4 atom stereocenters. The van der Waals surface area contributed by atoms with E-state index >= 15 is 0 Å². The molecular formula is C11H15N3O6. The first-order chi connectivity index (χ1) is 9.38. The molecule has 0 spiro atoms. The van der Waals surface area contributed by atoms with Gasteiger partial charge in [-0.1, -0.05) is 0 Å². The minimum absolute atomic E-state index is 0.0791. The van der Waals surface area contributed by atoms with Crippen molar-refractivity contribution < 1.29 is 24.4 Å². The summed E-state index contributed by atoms with van der Waals surface area (Å²) < 4.78 is 4.81. The minimum atomic E-state index is -1.25. The van der Waals surface area contributed by atoms with E-state index in [1.807, 2.05) is 0 Å². The third-order valence-electron chi connectivity index (χ3n) is 3.58. The van der Waals surface area contributed by atoms with Gasteiger partial charge in [0.1, 0.15) is 23.8 Å². The topological polar surface area (TPSA) is 122 Å². The maximum absolute atomic E-state index is 11.9. The Morgan fingerprint density at radius 2 is 2.30 bits per heavy atom. The zero-order valence-corrected chi connectivity index (χ0v) is 11.0. The van der Waals surface area contributed by atoms with E-state index in [0.717, 1.165) is 4.90 Å². The van der Waals surface area contributed by atoms with Gasteiger partial charge >= 0.3 is 12.0 Å². The van der Waals surface area contributed by atoms with E-state index in [1.165, 1.54) is 13.1 Å². The van der Waals surface area contributed by atoms with E-state index in [2.05, 4.69) is 5.32 Å². The second kappa shape index (κ2) is 4.99. The van der Waals surface area contributed by atoms with Crippen molar-refractivity contribution >= 4 is 12.0 Å². The number of ether oxygens (including phenoxy) is 1. The number of nitrogens with zero attached hydrogens (tertiary/aromatic N) is 2. The number of aliphatic hydroxyl groups is 1. The quantitative estimate of drug-likeness (QED) is 0.415. The van der Waals surface area contributed by atoms with E-state index in [9.17, 15) is 24.8 Å². The highest BCUT2D eigenvalue weighted by Gasteiger charge is 2.56. The van der Waals surface area contributed by atoms with E-state index in [1.54, 1.807) is 6.92 Å². The van der Waals surface area contributed by atoms with Gasteiger partial charge in [-0.2, -0.15) is 0 Å². The largest absolute Gasteiger partial charge is 0.512 e. The van der Waals surface area contributed by atoms with Crippen LogP contribution >= 0.6 is 0 Å². The fraction of sp³-hybridized carbons (Fsp3) is 0.636. The number of carbonyl (C=O) groups is 2. The predicted molar refractivity (Wildman–Crippen MR) is 65.5 cm³/mol. The summed E-state index contributed by atoms with van der Waals surface area (Å²) in [5, 5.41) is 23.5. The summed E-state index contributed by atoms with van der Waals surface area (Å²) in [6.45, 7) is 1.66. The summed E-state index contributed by atoms with van der Waals surface area (Å²) in [6.07, 6.45) is 1.17. The molecule has 2 N–H and O–H groups in total. The fourth-order valence-corrected chi connectivity index (χ4v) is 2.62. The van der Waals surface area contributed by atoms with Crippen molar-refractivity contribution in [2.45, 2.75) is 25.0 Å². The van der Waals surface area contributed by atoms with Gasteiger partial charge in [-0.15, -0.1) is 0 Å². The molecule has 1 fully saturated rings. The Morgan fingerprint density at radius 3 is 2.85 bits per heavy atom. The van der Waals surface area contributed by atoms with Crippen LogP contribution in [0.4, 0.5) is 4.79 Å². The first-order valence-electron chi connectivity index (χ1n) is 6.12. The Morgan fingerprint density at radius 1 is 1.65 bits per heavy atom. The number of hydrogen-bond donors (Lipinski definition) is 2. The van der Waals surface area contributed by atoms with Crippen LogP contribution in [0.15, 0.2) is 11.8 Å². The Labute approximate surface area is 114 Å². The summed E-state index contributed by atoms with van der Waals surface area (Å²) in [5.41, 5.74) is 0. The highest BCUT2D eigenvalue weighted by Crippen LogP contribution is 2.32. The molecule has 0 aromatic heterocycles. The molecule has 20 heavy (non-hydrogen) atoms. The molecule has 110 valence electrons. The Bertz CT molecular complexity index is 491. The Hall–Kier alpha value is -2.32. The zero-order chi connectivity index (χ0) is 15.0. The number of rotatable bonds is 3. The lowest BCUT2D eigenvalue weighted by Crippen LogP contribution is -2.70. The molecule has 9 nitrogen and oxygen atoms in total. The number of likely N-dealkylation sites (N-methyl/N-ethyl adjacent to an activating group) is 1. The van der Waals surface area contributed by atoms with Crippen LogP contribution in [0.25, 0.3) is 0 Å². The van der Waals surface area contributed by atoms with Gasteiger partial charge in [0.25, 0.3) is 6.04 Å². The number of nitrogens with one attached hydrogen (secondary N) is 1. The molecule has 2 amide bonds. The van der Waals surface area contributed by atoms with Gasteiger partial charge in [0.2, 0.25) is 0 Å². The molecule has 0 radical (unpaired) electrons. The summed E-state index contributed by atoms with van der Waals surface area (Å²) in [4.78, 5) is 35.4. The second-order valence-electron chi connectivity index (χ2n) is 4.67. The number of amides is 2. The molecule has 0 saturated carbocycles. The zero-order valence-electron chi connectivity index (χ0n) is 11.0. The second-order valence-corrected chi connectivity index (χ2v) is 4.67. The molecule has 1 heterocycles. The SMILES string of the molecule is CCOC(=O)C1C(O)=CC2C([N+](=O)[O-])C1NC(=O)N2C. The molecule has 0 aromatic carbocycles. The van der Waals surface area contributed by atoms with E-state index in [-0.39, 0.29) is 12.4 Å². The van der Waals surface area contributed by atoms with E-state index in [4.69, 9.17) is 4.74 Å². The molecule has 0 aromatic rings. The average Bonchev–Trinajstić information content (AvgIpc) is 2.35. The van der Waals surface area contributed by atoms with Crippen molar-refractivity contribution in [1.82, 2.24) is 10.2 Å². The molecule has 4 unspecified atom stereocenters. The number of carbonyl (C=O) groups excluding carboxylic acids is 2. The van der Waals surface area contributed by atoms with Crippen LogP contribution in [-0.2, 0) is 9.53 Å². The summed E-state index contributed by atoms with van der Waals surface area (Å²) in [6, 6.07) is -3.77. The van der Waals surface area contributed by atoms with Crippen molar-refractivity contribution in [1.29, 1.82) is 0 Å². The minimum Gasteiger partial charge on any atom is -0.512 e. The monoisotopic (exact) mass is 285 g/mol. The number of hydrogen-bond acceptors (Lipinski definition) is 6. The van der Waals surface area contributed by atoms with Crippen molar-refractivity contribution in [3.05, 3.63) is 21.9 Å². The van der Waals surface area contributed by atoms with Gasteiger partial charge in [0.15, 0.2) is 0 Å². The molecule has 1 aliphatic carbocycles. The van der Waals surface area contributed by atoms with Crippen molar-refractivity contribution in [3.63, 3.8) is 0 Å². The fourth-order valence-electron chi connectivity index (χ4n) is 2.62. The molecule has 2 bridgehead atoms. The smallest absolute Gasteiger partial charge is 0.319 e. The van der Waals surface area contributed by atoms with Crippen LogP contribution in [0.1, 0.15) is 6.92 Å². The highest BCUT2D eigenvalue weighted by atomic mass is 16.6. The Balaban J connectivity index is 2.44. The first kappa shape index (κ1) is 14.1. The third kappa shape index (κ3) is 2.04. The molecule has 9 heteroatoms. The summed E-state index contributed by atoms with van der Waals surface area (Å²) >= 11 is 0. The van der Waals surface area contributed by atoms with Crippen molar-refractivity contribution in [2.75, 3.05) is 13.7 Å². The van der Waals surface area contributed by atoms with Crippen LogP contribution in [-0.4, -0.2) is 58.7 Å². The van der Waals surface area contributed by atoms with Gasteiger partial charge in [0, 0.05) is 12.0 Å². The van der Waals surface area contributed by atoms with Crippen LogP contribution in [0.5, 0.6) is 0 Å². The lowest BCUT2D eigenvalue weighted by molar-refractivity contribution is -0.535. The third-order valence-corrected chi connectivity index (χ3v) is 3.58. The van der Waals surface area contributed by atoms with Crippen LogP contribution < -0.4 is 5.32 Å². The number of fused-ring (bicyclic) bond motifs is 2. The summed E-state index contributed by atoms with van der Waals surface area (Å²) in [7, 11) is 1.39. The first-order valence-corrected chi connectivity index (χ1v) is 6.12. The van der Waals surface area contributed by atoms with Crippen LogP contribution in [0, 0.1) is 16.0 Å². The van der Waals surface area contributed by atoms with Gasteiger partial charge in [-0.25, -0.2) is 4.79 Å². The number of urea groups is 1. The summed E-state index contributed by atoms with van der Waals surface area (Å²) in [5.74, 6) is -2.36. The van der Waals surface area contributed by atoms with Crippen molar-refractivity contribution in [2.24, 2.45) is 5.92 Å². The molecule has 1 saturated heterocycles. The number of esters is 1. The van der Waals surface area contributed by atoms with Gasteiger partial charge < -0.3 is 20.1 Å². The standard InChI is InChI=1S/C11H15N3O6/c1-3-20-10(16)7-6(15)4-5-9(14(18)19)8(7)12-11(17)13(5)2/h4-5,7-9,15H,3H2,1-2H3,(H,12,17). The van der Waals surface area contributed by atoms with Crippen molar-refractivity contribution in [3.8, 4) is 0 Å². The maximum Gasteiger partial charge on any atom is 0.319 e. The molecular weight excluding hydrogens is 270 g/mol. The number of aliphatic hydroxyl groups excluding tert-OH is 1. The molecule has 1 aliphatic heterocycles. The number of nitro groups is 1. The normalized spacial score (nSPS) is 32.2. The van der Waals surface area contributed by atoms with Crippen LogP contribution in [0.2, 0.25) is 0 Å². The maximum atomic E-state index is 11.9. The van der Waals surface area contributed by atoms with Gasteiger partial charge in [0.05, 0.1) is 6.61 Å². The van der Waals surface area contributed by atoms with Gasteiger partial charge in [-0.3, -0.25) is 14.9 Å².